The van der Waals surface area contributed by atoms with Crippen molar-refractivity contribution in [2.24, 2.45) is 4.99 Å². The summed E-state index contributed by atoms with van der Waals surface area (Å²) in [6.07, 6.45) is 1.29. The number of halogens is 1. The number of aliphatic imine (C=N–C) groups is 1. The van der Waals surface area contributed by atoms with E-state index in [1.54, 1.807) is 66.7 Å². The van der Waals surface area contributed by atoms with E-state index >= 15 is 0 Å². The predicted octanol–water partition coefficient (Wildman–Crippen LogP) is 5.44. The lowest BCUT2D eigenvalue weighted by atomic mass is 10.0. The van der Waals surface area contributed by atoms with Crippen molar-refractivity contribution in [2.75, 3.05) is 0 Å². The maximum atomic E-state index is 12.9. The molecule has 0 amide bonds. The molecule has 1 aliphatic carbocycles. The van der Waals surface area contributed by atoms with Gasteiger partial charge in [0.15, 0.2) is 11.6 Å². The molecule has 0 heterocycles. The largest absolute Gasteiger partial charge is 0.506 e. The second-order valence-electron chi connectivity index (χ2n) is 6.25. The standard InChI is InChI=1S/C23H14ClNO3/c24-15-10-11-20(18(12-15)21(26)14-6-2-1-3-7-14)25-13-19-22(27)16-8-4-5-9-17(16)23(19)28/h1-13,27H. The summed E-state index contributed by atoms with van der Waals surface area (Å²) in [7, 11) is 0. The molecule has 0 atom stereocenters. The number of allylic oxidation sites excluding steroid dienone is 1. The summed E-state index contributed by atoms with van der Waals surface area (Å²) in [5.74, 6) is -0.648. The van der Waals surface area contributed by atoms with Crippen molar-refractivity contribution >= 4 is 40.8 Å². The number of benzene rings is 3. The van der Waals surface area contributed by atoms with Crippen molar-refractivity contribution in [1.82, 2.24) is 0 Å². The molecule has 4 nitrogen and oxygen atoms in total. The van der Waals surface area contributed by atoms with E-state index in [4.69, 9.17) is 11.6 Å². The summed E-state index contributed by atoms with van der Waals surface area (Å²) >= 11 is 6.08. The van der Waals surface area contributed by atoms with Crippen molar-refractivity contribution in [3.63, 3.8) is 0 Å². The smallest absolute Gasteiger partial charge is 0.199 e. The molecule has 3 aromatic rings. The van der Waals surface area contributed by atoms with Gasteiger partial charge in [-0.25, -0.2) is 0 Å². The number of carbonyl (C=O) groups is 2. The van der Waals surface area contributed by atoms with E-state index < -0.39 is 0 Å². The van der Waals surface area contributed by atoms with Gasteiger partial charge in [-0.1, -0.05) is 66.2 Å². The van der Waals surface area contributed by atoms with Crippen LogP contribution in [0.3, 0.4) is 0 Å². The Kier molecular flexibility index (Phi) is 4.63. The van der Waals surface area contributed by atoms with Crippen molar-refractivity contribution in [2.45, 2.75) is 0 Å². The zero-order chi connectivity index (χ0) is 19.7. The molecule has 0 saturated heterocycles. The normalized spacial score (nSPS) is 13.2. The lowest BCUT2D eigenvalue weighted by Gasteiger charge is -2.06. The van der Waals surface area contributed by atoms with E-state index in [1.807, 2.05) is 6.07 Å². The van der Waals surface area contributed by atoms with E-state index in [1.165, 1.54) is 6.21 Å². The number of carbonyl (C=O) groups excluding carboxylic acids is 2. The molecule has 0 aromatic heterocycles. The number of aliphatic hydroxyl groups excluding tert-OH is 1. The van der Waals surface area contributed by atoms with Crippen LogP contribution in [0.25, 0.3) is 5.76 Å². The lowest BCUT2D eigenvalue weighted by molar-refractivity contribution is 0.103. The van der Waals surface area contributed by atoms with Gasteiger partial charge in [-0.2, -0.15) is 0 Å². The molecule has 0 spiro atoms. The van der Waals surface area contributed by atoms with Gasteiger partial charge in [-0.05, 0) is 18.2 Å². The highest BCUT2D eigenvalue weighted by Crippen LogP contribution is 2.31. The van der Waals surface area contributed by atoms with Gasteiger partial charge >= 0.3 is 0 Å². The molecule has 0 bridgehead atoms. The summed E-state index contributed by atoms with van der Waals surface area (Å²) in [6, 6.07) is 20.4. The first kappa shape index (κ1) is 17.9. The molecule has 1 aliphatic rings. The Balaban J connectivity index is 1.73. The second-order valence-corrected chi connectivity index (χ2v) is 6.69. The van der Waals surface area contributed by atoms with Crippen molar-refractivity contribution in [3.8, 4) is 0 Å². The Morgan fingerprint density at radius 2 is 1.61 bits per heavy atom. The molecule has 0 radical (unpaired) electrons. The van der Waals surface area contributed by atoms with Gasteiger partial charge in [0, 0.05) is 33.5 Å². The van der Waals surface area contributed by atoms with Crippen LogP contribution in [0.1, 0.15) is 31.8 Å². The third-order valence-electron chi connectivity index (χ3n) is 4.50. The topological polar surface area (TPSA) is 66.7 Å². The van der Waals surface area contributed by atoms with Crippen LogP contribution in [0.4, 0.5) is 5.69 Å². The SMILES string of the molecule is O=C(c1ccccc1)c1cc(Cl)ccc1N=CC1=C(O)c2ccccc2C1=O. The third-order valence-corrected chi connectivity index (χ3v) is 4.73. The molecule has 0 unspecified atom stereocenters. The van der Waals surface area contributed by atoms with Crippen molar-refractivity contribution in [1.29, 1.82) is 0 Å². The van der Waals surface area contributed by atoms with Gasteiger partial charge in [-0.3, -0.25) is 14.6 Å². The van der Waals surface area contributed by atoms with Crippen LogP contribution in [0.2, 0.25) is 5.02 Å². The lowest BCUT2D eigenvalue weighted by Crippen LogP contribution is -2.02. The highest BCUT2D eigenvalue weighted by molar-refractivity contribution is 6.32. The summed E-state index contributed by atoms with van der Waals surface area (Å²) in [4.78, 5) is 29.7. The molecule has 3 aromatic carbocycles. The minimum absolute atomic E-state index is 0.0919. The first-order chi connectivity index (χ1) is 13.6. The summed E-state index contributed by atoms with van der Waals surface area (Å²) in [5, 5.41) is 10.8. The van der Waals surface area contributed by atoms with Crippen LogP contribution in [0.15, 0.2) is 83.4 Å². The number of nitrogens with zero attached hydrogens (tertiary/aromatic N) is 1. The zero-order valence-electron chi connectivity index (χ0n) is 14.6. The number of ketones is 2. The maximum absolute atomic E-state index is 12.9. The maximum Gasteiger partial charge on any atom is 0.199 e. The van der Waals surface area contributed by atoms with Crippen LogP contribution >= 0.6 is 11.6 Å². The molecule has 4 rings (SSSR count). The third kappa shape index (κ3) is 3.15. The van der Waals surface area contributed by atoms with Crippen LogP contribution in [0.5, 0.6) is 0 Å². The number of hydrogen-bond acceptors (Lipinski definition) is 4. The highest BCUT2D eigenvalue weighted by Gasteiger charge is 2.28. The molecule has 5 heteroatoms. The number of aliphatic hydroxyl groups is 1. The Labute approximate surface area is 166 Å². The fourth-order valence-corrected chi connectivity index (χ4v) is 3.26. The average Bonchev–Trinajstić information content (AvgIpc) is 2.97. The fourth-order valence-electron chi connectivity index (χ4n) is 3.09. The Hall–Kier alpha value is -3.50. The van der Waals surface area contributed by atoms with Gasteiger partial charge in [0.1, 0.15) is 5.76 Å². The van der Waals surface area contributed by atoms with Crippen LogP contribution in [-0.4, -0.2) is 22.9 Å². The van der Waals surface area contributed by atoms with E-state index in [9.17, 15) is 14.7 Å². The van der Waals surface area contributed by atoms with E-state index in [0.29, 0.717) is 33.0 Å². The van der Waals surface area contributed by atoms with E-state index in [0.717, 1.165) is 0 Å². The molecular formula is C23H14ClNO3. The first-order valence-corrected chi connectivity index (χ1v) is 8.95. The van der Waals surface area contributed by atoms with Gasteiger partial charge < -0.3 is 5.11 Å². The zero-order valence-corrected chi connectivity index (χ0v) is 15.4. The Bertz CT molecular complexity index is 1160. The fraction of sp³-hybridized carbons (Fsp3) is 0. The number of hydrogen-bond donors (Lipinski definition) is 1. The molecule has 0 aliphatic heterocycles. The van der Waals surface area contributed by atoms with Crippen LogP contribution in [0, 0.1) is 0 Å². The summed E-state index contributed by atoms with van der Waals surface area (Å²) in [6.45, 7) is 0. The molecule has 28 heavy (non-hydrogen) atoms. The van der Waals surface area contributed by atoms with Gasteiger partial charge in [-0.15, -0.1) is 0 Å². The Morgan fingerprint density at radius 3 is 2.32 bits per heavy atom. The van der Waals surface area contributed by atoms with Crippen molar-refractivity contribution < 1.29 is 14.7 Å². The van der Waals surface area contributed by atoms with Gasteiger partial charge in [0.25, 0.3) is 0 Å². The van der Waals surface area contributed by atoms with Crippen LogP contribution in [-0.2, 0) is 0 Å². The molecule has 1 N–H and O–H groups in total. The quantitative estimate of drug-likeness (QED) is 0.479. The number of Topliss-reactive ketones (excluding diaryl/α,β-unsaturated/α-hetero) is 1. The predicted molar refractivity (Wildman–Crippen MR) is 110 cm³/mol. The van der Waals surface area contributed by atoms with E-state index in [2.05, 4.69) is 4.99 Å². The second kappa shape index (κ2) is 7.25. The van der Waals surface area contributed by atoms with Gasteiger partial charge in [0.2, 0.25) is 0 Å². The Morgan fingerprint density at radius 1 is 0.929 bits per heavy atom. The number of fused-ring (bicyclic) bond motifs is 1. The van der Waals surface area contributed by atoms with E-state index in [-0.39, 0.29) is 22.9 Å². The molecule has 0 fully saturated rings. The minimum atomic E-state index is -0.304. The van der Waals surface area contributed by atoms with Crippen LogP contribution < -0.4 is 0 Å². The van der Waals surface area contributed by atoms with Crippen molar-refractivity contribution in [3.05, 3.63) is 106 Å². The molecule has 0 saturated carbocycles. The first-order valence-electron chi connectivity index (χ1n) is 8.57. The molecular weight excluding hydrogens is 374 g/mol. The van der Waals surface area contributed by atoms with Gasteiger partial charge in [0.05, 0.1) is 11.3 Å². The monoisotopic (exact) mass is 387 g/mol. The molecule has 136 valence electrons. The summed E-state index contributed by atoms with van der Waals surface area (Å²) < 4.78 is 0. The average molecular weight is 388 g/mol. The number of rotatable bonds is 4. The minimum Gasteiger partial charge on any atom is -0.506 e. The highest BCUT2D eigenvalue weighted by atomic mass is 35.5. The summed E-state index contributed by atoms with van der Waals surface area (Å²) in [5.41, 5.74) is 2.19.